The van der Waals surface area contributed by atoms with Crippen molar-refractivity contribution in [3.8, 4) is 0 Å². The van der Waals surface area contributed by atoms with Gasteiger partial charge in [-0.1, -0.05) is 0 Å². The predicted molar refractivity (Wildman–Crippen MR) is 57.0 cm³/mol. The van der Waals surface area contributed by atoms with Crippen LogP contribution in [0.25, 0.3) is 0 Å². The second-order valence-corrected chi connectivity index (χ2v) is 3.71. The summed E-state index contributed by atoms with van der Waals surface area (Å²) in [5.41, 5.74) is 0. The number of carboxylic acids is 1. The molecule has 0 aromatic heterocycles. The number of aliphatic carboxylic acids is 1. The summed E-state index contributed by atoms with van der Waals surface area (Å²) in [6.07, 6.45) is 0.170. The van der Waals surface area contributed by atoms with Gasteiger partial charge >= 0.3 is 5.97 Å². The summed E-state index contributed by atoms with van der Waals surface area (Å²) in [6, 6.07) is -0.606. The van der Waals surface area contributed by atoms with Crippen LogP contribution in [0.15, 0.2) is 0 Å². The zero-order valence-corrected chi connectivity index (χ0v) is 9.90. The molecule has 0 heterocycles. The number of carboxylic acid groups (broad SMARTS) is 1. The molecule has 0 saturated heterocycles. The molecular weight excluding hydrogens is 198 g/mol. The Bertz CT molecular complexity index is 184. The van der Waals surface area contributed by atoms with Crippen LogP contribution < -0.4 is 0 Å². The molecule has 0 spiro atoms. The lowest BCUT2D eigenvalue weighted by atomic mass is 10.3. The van der Waals surface area contributed by atoms with E-state index < -0.39 is 12.0 Å². The third-order valence-corrected chi connectivity index (χ3v) is 2.04. The van der Waals surface area contributed by atoms with E-state index in [1.54, 1.807) is 11.9 Å². The van der Waals surface area contributed by atoms with Crippen molar-refractivity contribution >= 4 is 5.97 Å². The van der Waals surface area contributed by atoms with E-state index in [-0.39, 0.29) is 12.7 Å². The van der Waals surface area contributed by atoms with Gasteiger partial charge in [-0.05, 0) is 20.9 Å². The summed E-state index contributed by atoms with van der Waals surface area (Å²) >= 11 is 0. The topological polar surface area (TPSA) is 59.0 Å². The lowest BCUT2D eigenvalue weighted by Gasteiger charge is -2.24. The molecule has 5 nitrogen and oxygen atoms in total. The molecule has 1 N–H and O–H groups in total. The van der Waals surface area contributed by atoms with Gasteiger partial charge in [0.25, 0.3) is 0 Å². The third kappa shape index (κ3) is 6.43. The average Bonchev–Trinajstić information content (AvgIpc) is 2.12. The first-order chi connectivity index (χ1) is 6.99. The Kier molecular flexibility index (Phi) is 7.29. The molecule has 0 radical (unpaired) electrons. The molecule has 0 amide bonds. The predicted octanol–water partition coefficient (Wildman–Crippen LogP) is 0.443. The van der Waals surface area contributed by atoms with Gasteiger partial charge in [0.15, 0.2) is 0 Å². The van der Waals surface area contributed by atoms with E-state index in [1.165, 1.54) is 7.11 Å². The van der Waals surface area contributed by atoms with E-state index in [0.29, 0.717) is 13.2 Å². The van der Waals surface area contributed by atoms with Crippen molar-refractivity contribution in [2.75, 3.05) is 33.9 Å². The standard InChI is InChI=1S/C10H21NO4/c1-8(2)15-6-5-11(3)9(7-14-4)10(12)13/h8-9H,5-7H2,1-4H3,(H,12,13). The molecule has 0 aliphatic rings. The SMILES string of the molecule is COCC(C(=O)O)N(C)CCOC(C)C. The lowest BCUT2D eigenvalue weighted by Crippen LogP contribution is -2.43. The summed E-state index contributed by atoms with van der Waals surface area (Å²) < 4.78 is 10.2. The van der Waals surface area contributed by atoms with Crippen LogP contribution in [-0.4, -0.2) is 62.0 Å². The number of carbonyl (C=O) groups is 1. The van der Waals surface area contributed by atoms with Gasteiger partial charge in [-0.3, -0.25) is 9.69 Å². The summed E-state index contributed by atoms with van der Waals surface area (Å²) in [5.74, 6) is -0.871. The van der Waals surface area contributed by atoms with Crippen molar-refractivity contribution in [3.63, 3.8) is 0 Å². The molecule has 0 bridgehead atoms. The Labute approximate surface area is 91.0 Å². The Balaban J connectivity index is 3.91. The quantitative estimate of drug-likeness (QED) is 0.642. The lowest BCUT2D eigenvalue weighted by molar-refractivity contribution is -0.145. The number of hydrogen-bond acceptors (Lipinski definition) is 4. The Morgan fingerprint density at radius 1 is 1.47 bits per heavy atom. The van der Waals surface area contributed by atoms with E-state index in [4.69, 9.17) is 14.6 Å². The highest BCUT2D eigenvalue weighted by Crippen LogP contribution is 1.98. The fraction of sp³-hybridized carbons (Fsp3) is 0.900. The zero-order chi connectivity index (χ0) is 11.8. The molecular formula is C10H21NO4. The Hall–Kier alpha value is -0.650. The molecule has 90 valence electrons. The molecule has 0 aliphatic heterocycles. The summed E-state index contributed by atoms with van der Waals surface area (Å²) in [6.45, 7) is 5.20. The van der Waals surface area contributed by atoms with Gasteiger partial charge in [-0.2, -0.15) is 0 Å². The van der Waals surface area contributed by atoms with Crippen molar-refractivity contribution in [2.45, 2.75) is 26.0 Å². The minimum atomic E-state index is -0.871. The normalized spacial score (nSPS) is 13.5. The molecule has 15 heavy (non-hydrogen) atoms. The number of ether oxygens (including phenoxy) is 2. The smallest absolute Gasteiger partial charge is 0.323 e. The van der Waals surface area contributed by atoms with Crippen LogP contribution in [0.2, 0.25) is 0 Å². The van der Waals surface area contributed by atoms with Crippen LogP contribution in [-0.2, 0) is 14.3 Å². The van der Waals surface area contributed by atoms with E-state index in [9.17, 15) is 4.79 Å². The average molecular weight is 219 g/mol. The fourth-order valence-corrected chi connectivity index (χ4v) is 1.13. The highest BCUT2D eigenvalue weighted by molar-refractivity contribution is 5.73. The molecule has 5 heteroatoms. The number of methoxy groups -OCH3 is 1. The maximum atomic E-state index is 10.9. The van der Waals surface area contributed by atoms with Gasteiger partial charge in [0.1, 0.15) is 6.04 Å². The van der Waals surface area contributed by atoms with Crippen LogP contribution in [0.3, 0.4) is 0 Å². The van der Waals surface area contributed by atoms with Crippen molar-refractivity contribution in [2.24, 2.45) is 0 Å². The van der Waals surface area contributed by atoms with Crippen LogP contribution in [0.4, 0.5) is 0 Å². The van der Waals surface area contributed by atoms with E-state index in [1.807, 2.05) is 13.8 Å². The molecule has 1 unspecified atom stereocenters. The first kappa shape index (κ1) is 14.3. The summed E-state index contributed by atoms with van der Waals surface area (Å²) in [4.78, 5) is 12.6. The van der Waals surface area contributed by atoms with Crippen LogP contribution in [0, 0.1) is 0 Å². The zero-order valence-electron chi connectivity index (χ0n) is 9.90. The van der Waals surface area contributed by atoms with Gasteiger partial charge in [-0.15, -0.1) is 0 Å². The van der Waals surface area contributed by atoms with Crippen LogP contribution >= 0.6 is 0 Å². The van der Waals surface area contributed by atoms with E-state index >= 15 is 0 Å². The van der Waals surface area contributed by atoms with E-state index in [0.717, 1.165) is 0 Å². The molecule has 0 aliphatic carbocycles. The third-order valence-electron chi connectivity index (χ3n) is 2.04. The van der Waals surface area contributed by atoms with Crippen molar-refractivity contribution in [1.82, 2.24) is 4.90 Å². The Morgan fingerprint density at radius 3 is 2.47 bits per heavy atom. The number of rotatable bonds is 8. The monoisotopic (exact) mass is 219 g/mol. The fourth-order valence-electron chi connectivity index (χ4n) is 1.13. The van der Waals surface area contributed by atoms with Gasteiger partial charge in [-0.25, -0.2) is 0 Å². The van der Waals surface area contributed by atoms with Crippen molar-refractivity contribution < 1.29 is 19.4 Å². The summed E-state index contributed by atoms with van der Waals surface area (Å²) in [7, 11) is 3.25. The minimum absolute atomic E-state index is 0.170. The number of nitrogens with zero attached hydrogens (tertiary/aromatic N) is 1. The van der Waals surface area contributed by atoms with Gasteiger partial charge in [0.2, 0.25) is 0 Å². The van der Waals surface area contributed by atoms with Crippen LogP contribution in [0.1, 0.15) is 13.8 Å². The van der Waals surface area contributed by atoms with Gasteiger partial charge < -0.3 is 14.6 Å². The minimum Gasteiger partial charge on any atom is -0.480 e. The molecule has 0 rings (SSSR count). The summed E-state index contributed by atoms with van der Waals surface area (Å²) in [5, 5.41) is 8.92. The maximum absolute atomic E-state index is 10.9. The molecule has 0 fully saturated rings. The molecule has 0 saturated carbocycles. The number of hydrogen-bond donors (Lipinski definition) is 1. The largest absolute Gasteiger partial charge is 0.480 e. The maximum Gasteiger partial charge on any atom is 0.323 e. The number of likely N-dealkylation sites (N-methyl/N-ethyl adjacent to an activating group) is 1. The van der Waals surface area contributed by atoms with Crippen molar-refractivity contribution in [3.05, 3.63) is 0 Å². The Morgan fingerprint density at radius 2 is 2.07 bits per heavy atom. The molecule has 1 atom stereocenters. The van der Waals surface area contributed by atoms with Crippen LogP contribution in [0.5, 0.6) is 0 Å². The second kappa shape index (κ2) is 7.62. The molecule has 0 aromatic rings. The van der Waals surface area contributed by atoms with E-state index in [2.05, 4.69) is 0 Å². The highest BCUT2D eigenvalue weighted by Gasteiger charge is 2.21. The van der Waals surface area contributed by atoms with Gasteiger partial charge in [0, 0.05) is 13.7 Å². The second-order valence-electron chi connectivity index (χ2n) is 3.71. The van der Waals surface area contributed by atoms with Gasteiger partial charge in [0.05, 0.1) is 19.3 Å². The molecule has 0 aromatic carbocycles. The first-order valence-corrected chi connectivity index (χ1v) is 5.02. The first-order valence-electron chi connectivity index (χ1n) is 5.02. The highest BCUT2D eigenvalue weighted by atomic mass is 16.5. The van der Waals surface area contributed by atoms with Crippen molar-refractivity contribution in [1.29, 1.82) is 0 Å².